The van der Waals surface area contributed by atoms with E-state index in [1.54, 1.807) is 16.2 Å². The Labute approximate surface area is 189 Å². The minimum absolute atomic E-state index is 0.0273. The first-order chi connectivity index (χ1) is 15.6. The fourth-order valence-corrected chi connectivity index (χ4v) is 5.74. The molecule has 160 valence electrons. The van der Waals surface area contributed by atoms with Crippen molar-refractivity contribution in [1.82, 2.24) is 15.2 Å². The van der Waals surface area contributed by atoms with Crippen LogP contribution in [0.15, 0.2) is 71.5 Å². The van der Waals surface area contributed by atoms with Crippen LogP contribution in [0.25, 0.3) is 0 Å². The van der Waals surface area contributed by atoms with Crippen molar-refractivity contribution < 1.29 is 4.79 Å². The molecule has 3 aromatic rings. The molecule has 2 aliphatic rings. The highest BCUT2D eigenvalue weighted by Crippen LogP contribution is 2.49. The highest BCUT2D eigenvalue weighted by Gasteiger charge is 2.44. The van der Waals surface area contributed by atoms with Crippen LogP contribution in [0, 0.1) is 11.3 Å². The summed E-state index contributed by atoms with van der Waals surface area (Å²) in [5.74, 6) is 0.314. The summed E-state index contributed by atoms with van der Waals surface area (Å²) in [6.07, 6.45) is 3.31. The number of H-pyrrole nitrogens is 1. The Morgan fingerprint density at radius 1 is 1.25 bits per heavy atom. The van der Waals surface area contributed by atoms with E-state index in [1.165, 1.54) is 11.2 Å². The number of Topliss-reactive ketones (excluding diaryl/α,β-unsaturated/α-hetero) is 1. The van der Waals surface area contributed by atoms with Crippen LogP contribution in [0.5, 0.6) is 0 Å². The molecule has 2 aromatic heterocycles. The molecule has 0 spiro atoms. The molecule has 5 rings (SSSR count). The van der Waals surface area contributed by atoms with E-state index in [0.29, 0.717) is 35.8 Å². The van der Waals surface area contributed by atoms with Crippen molar-refractivity contribution in [3.8, 4) is 6.07 Å². The number of carbonyl (C=O) groups is 1. The Morgan fingerprint density at radius 2 is 2.06 bits per heavy atom. The molecule has 1 aromatic carbocycles. The van der Waals surface area contributed by atoms with Gasteiger partial charge in [0.25, 0.3) is 0 Å². The average Bonchev–Trinajstić information content (AvgIpc) is 3.51. The summed E-state index contributed by atoms with van der Waals surface area (Å²) in [5.41, 5.74) is 9.50. The summed E-state index contributed by atoms with van der Waals surface area (Å²) in [5, 5.41) is 16.9. The normalized spacial score (nSPS) is 21.0. The number of aromatic amines is 1. The molecule has 0 radical (unpaired) electrons. The van der Waals surface area contributed by atoms with Crippen LogP contribution in [-0.4, -0.2) is 21.0 Å². The van der Waals surface area contributed by atoms with Crippen molar-refractivity contribution in [3.63, 3.8) is 0 Å². The predicted molar refractivity (Wildman–Crippen MR) is 123 cm³/mol. The Kier molecular flexibility index (Phi) is 5.11. The number of anilines is 1. The third-order valence-corrected chi connectivity index (χ3v) is 7.46. The number of nitrogens with one attached hydrogen (secondary N) is 1. The van der Waals surface area contributed by atoms with Crippen molar-refractivity contribution in [1.29, 1.82) is 5.26 Å². The number of allylic oxidation sites excluding steroid dienone is 3. The number of nitrogens with two attached hydrogens (primary N) is 1. The van der Waals surface area contributed by atoms with Crippen molar-refractivity contribution >= 4 is 23.1 Å². The van der Waals surface area contributed by atoms with Crippen LogP contribution in [0.3, 0.4) is 0 Å². The molecule has 0 saturated heterocycles. The summed E-state index contributed by atoms with van der Waals surface area (Å²) in [7, 11) is 0. The van der Waals surface area contributed by atoms with Gasteiger partial charge in [-0.25, -0.2) is 5.10 Å². The highest BCUT2D eigenvalue weighted by atomic mass is 32.1. The van der Waals surface area contributed by atoms with Gasteiger partial charge >= 0.3 is 0 Å². The lowest BCUT2D eigenvalue weighted by molar-refractivity contribution is -0.116. The van der Waals surface area contributed by atoms with Crippen molar-refractivity contribution in [2.24, 2.45) is 5.73 Å². The molecule has 1 aliphatic carbocycles. The van der Waals surface area contributed by atoms with Crippen molar-refractivity contribution in [2.45, 2.75) is 38.0 Å². The van der Waals surface area contributed by atoms with Crippen LogP contribution in [0.4, 0.5) is 5.95 Å². The first kappa shape index (κ1) is 20.2. The third-order valence-electron chi connectivity index (χ3n) is 6.17. The molecule has 0 fully saturated rings. The summed E-state index contributed by atoms with van der Waals surface area (Å²) in [6, 6.07) is 16.4. The van der Waals surface area contributed by atoms with E-state index in [4.69, 9.17) is 5.73 Å². The lowest BCUT2D eigenvalue weighted by Crippen LogP contribution is -2.40. The topological polar surface area (TPSA) is 112 Å². The maximum absolute atomic E-state index is 13.7. The zero-order chi connectivity index (χ0) is 22.2. The second-order valence-corrected chi connectivity index (χ2v) is 9.15. The van der Waals surface area contributed by atoms with Gasteiger partial charge in [0.2, 0.25) is 5.95 Å². The summed E-state index contributed by atoms with van der Waals surface area (Å²) in [6.45, 7) is 2.10. The first-order valence-electron chi connectivity index (χ1n) is 10.6. The van der Waals surface area contributed by atoms with E-state index >= 15 is 0 Å². The number of rotatable bonds is 4. The zero-order valence-electron chi connectivity index (χ0n) is 17.6. The predicted octanol–water partition coefficient (Wildman–Crippen LogP) is 4.13. The molecule has 1 aliphatic heterocycles. The van der Waals surface area contributed by atoms with Gasteiger partial charge in [0.1, 0.15) is 12.1 Å². The lowest BCUT2D eigenvalue weighted by Gasteiger charge is -2.39. The van der Waals surface area contributed by atoms with Gasteiger partial charge in [0, 0.05) is 27.4 Å². The van der Waals surface area contributed by atoms with Gasteiger partial charge in [-0.15, -0.1) is 11.3 Å². The minimum atomic E-state index is -0.455. The number of nitriles is 1. The van der Waals surface area contributed by atoms with Gasteiger partial charge in [-0.3, -0.25) is 9.69 Å². The largest absolute Gasteiger partial charge is 0.384 e. The molecule has 7 nitrogen and oxygen atoms in total. The first-order valence-corrected chi connectivity index (χ1v) is 11.4. The van der Waals surface area contributed by atoms with Crippen LogP contribution in [0.1, 0.15) is 46.9 Å². The molecule has 3 heterocycles. The van der Waals surface area contributed by atoms with Crippen LogP contribution >= 0.6 is 11.3 Å². The number of nitrogens with zero attached hydrogens (tertiary/aromatic N) is 4. The van der Waals surface area contributed by atoms with E-state index in [9.17, 15) is 10.1 Å². The maximum atomic E-state index is 13.7. The Morgan fingerprint density at radius 3 is 2.72 bits per heavy atom. The van der Waals surface area contributed by atoms with Gasteiger partial charge in [-0.2, -0.15) is 15.3 Å². The van der Waals surface area contributed by atoms with Gasteiger partial charge in [0.05, 0.1) is 17.6 Å². The smallest absolute Gasteiger partial charge is 0.231 e. The second kappa shape index (κ2) is 8.09. The molecule has 0 amide bonds. The number of hydrogen-bond donors (Lipinski definition) is 2. The standard InChI is InChI=1S/C24H22N6OS/c1-2-16-8-9-20(32-16)21-17(12-25)23(26)30(24-27-13-28-29-24)18-10-15(11-19(31)22(18)21)14-6-4-3-5-7-14/h3-9,13,15,21H,2,10-11,26H2,1H3,(H,27,28,29). The van der Waals surface area contributed by atoms with Crippen LogP contribution < -0.4 is 10.6 Å². The quantitative estimate of drug-likeness (QED) is 0.628. The molecule has 0 bridgehead atoms. The summed E-state index contributed by atoms with van der Waals surface area (Å²) < 4.78 is 0. The van der Waals surface area contributed by atoms with E-state index in [0.717, 1.165) is 22.6 Å². The van der Waals surface area contributed by atoms with Gasteiger partial charge < -0.3 is 5.73 Å². The minimum Gasteiger partial charge on any atom is -0.384 e. The van der Waals surface area contributed by atoms with Crippen LogP contribution in [-0.2, 0) is 11.2 Å². The number of aromatic nitrogens is 3. The molecule has 32 heavy (non-hydrogen) atoms. The van der Waals surface area contributed by atoms with Gasteiger partial charge in [-0.1, -0.05) is 37.3 Å². The number of carbonyl (C=O) groups excluding carboxylic acids is 1. The molecular formula is C24H22N6OS. The van der Waals surface area contributed by atoms with Crippen LogP contribution in [0.2, 0.25) is 0 Å². The van der Waals surface area contributed by atoms with E-state index < -0.39 is 5.92 Å². The highest BCUT2D eigenvalue weighted by molar-refractivity contribution is 7.12. The van der Waals surface area contributed by atoms with E-state index in [1.807, 2.05) is 24.3 Å². The Bertz CT molecular complexity index is 1270. The molecule has 0 saturated carbocycles. The Balaban J connectivity index is 1.70. The summed E-state index contributed by atoms with van der Waals surface area (Å²) >= 11 is 1.63. The van der Waals surface area contributed by atoms with Gasteiger partial charge in [-0.05, 0) is 36.5 Å². The number of aryl methyl sites for hydroxylation is 1. The Hall–Kier alpha value is -3.70. The number of hydrogen-bond acceptors (Lipinski definition) is 7. The van der Waals surface area contributed by atoms with Crippen molar-refractivity contribution in [2.75, 3.05) is 4.90 Å². The maximum Gasteiger partial charge on any atom is 0.231 e. The lowest BCUT2D eigenvalue weighted by atomic mass is 9.73. The summed E-state index contributed by atoms with van der Waals surface area (Å²) in [4.78, 5) is 21.8. The average molecular weight is 443 g/mol. The number of benzene rings is 1. The van der Waals surface area contributed by atoms with Gasteiger partial charge in [0.15, 0.2) is 5.78 Å². The number of thiophene rings is 1. The molecule has 2 unspecified atom stereocenters. The molecule has 3 N–H and O–H groups in total. The fraction of sp³-hybridized carbons (Fsp3) is 0.250. The SMILES string of the molecule is CCc1ccc(C2C(C#N)=C(N)N(c3ncn[nH]3)C3=C2C(=O)CC(c2ccccc2)C3)s1. The number of ketones is 1. The monoisotopic (exact) mass is 442 g/mol. The molecular weight excluding hydrogens is 420 g/mol. The fourth-order valence-electron chi connectivity index (χ4n) is 4.66. The van der Waals surface area contributed by atoms with E-state index in [2.05, 4.69) is 46.4 Å². The van der Waals surface area contributed by atoms with Crippen molar-refractivity contribution in [3.05, 3.63) is 86.8 Å². The molecule has 8 heteroatoms. The van der Waals surface area contributed by atoms with E-state index in [-0.39, 0.29) is 11.7 Å². The third kappa shape index (κ3) is 3.22. The molecule has 2 atom stereocenters. The zero-order valence-corrected chi connectivity index (χ0v) is 18.4. The second-order valence-electron chi connectivity index (χ2n) is 7.95.